The number of ether oxygens (including phenoxy) is 1. The van der Waals surface area contributed by atoms with Crippen LogP contribution in [0, 0.1) is 5.41 Å². The van der Waals surface area contributed by atoms with Gasteiger partial charge in [0, 0.05) is 24.4 Å². The van der Waals surface area contributed by atoms with Crippen LogP contribution < -0.4 is 0 Å². The van der Waals surface area contributed by atoms with Crippen molar-refractivity contribution in [2.75, 3.05) is 13.2 Å². The first-order valence-corrected chi connectivity index (χ1v) is 10.4. The third kappa shape index (κ3) is 6.10. The summed E-state index contributed by atoms with van der Waals surface area (Å²) in [4.78, 5) is 43.6. The third-order valence-corrected chi connectivity index (χ3v) is 5.69. The number of aliphatic hydroxyl groups excluding tert-OH is 1. The number of rotatable bonds is 9. The molecule has 1 aliphatic rings. The Morgan fingerprint density at radius 2 is 2.10 bits per heavy atom. The SMILES string of the molecule is CCC(C)(C)C(=O)C(=O)N1CCCCC1C(=O)O[C@@H](CO)CCc1cccnc1. The summed E-state index contributed by atoms with van der Waals surface area (Å²) in [5.41, 5.74) is 0.226. The minimum Gasteiger partial charge on any atom is -0.458 e. The minimum absolute atomic E-state index is 0.297. The topological polar surface area (TPSA) is 96.8 Å². The van der Waals surface area contributed by atoms with Crippen LogP contribution in [0.3, 0.4) is 0 Å². The van der Waals surface area contributed by atoms with Gasteiger partial charge >= 0.3 is 5.97 Å². The lowest BCUT2D eigenvalue weighted by Gasteiger charge is -2.36. The number of aliphatic hydroxyl groups is 1. The van der Waals surface area contributed by atoms with E-state index in [2.05, 4.69) is 4.98 Å². The van der Waals surface area contributed by atoms with Crippen LogP contribution in [0.1, 0.15) is 58.4 Å². The van der Waals surface area contributed by atoms with E-state index in [1.54, 1.807) is 26.2 Å². The molecule has 0 aromatic carbocycles. The predicted octanol–water partition coefficient (Wildman–Crippen LogP) is 2.30. The highest BCUT2D eigenvalue weighted by Crippen LogP contribution is 2.26. The fraction of sp³-hybridized carbons (Fsp3) is 0.636. The number of Topliss-reactive ketones (excluding diaryl/α,β-unsaturated/α-hetero) is 1. The molecule has 0 aliphatic carbocycles. The number of pyridine rings is 1. The number of nitrogens with zero attached hydrogens (tertiary/aromatic N) is 2. The third-order valence-electron chi connectivity index (χ3n) is 5.69. The van der Waals surface area contributed by atoms with E-state index in [1.165, 1.54) is 4.90 Å². The average molecular weight is 405 g/mol. The van der Waals surface area contributed by atoms with Crippen molar-refractivity contribution in [3.8, 4) is 0 Å². The van der Waals surface area contributed by atoms with Crippen LogP contribution >= 0.6 is 0 Å². The first-order valence-electron chi connectivity index (χ1n) is 10.4. The van der Waals surface area contributed by atoms with Crippen LogP contribution in [-0.2, 0) is 25.5 Å². The van der Waals surface area contributed by atoms with E-state index in [4.69, 9.17) is 4.74 Å². The lowest BCUT2D eigenvalue weighted by Crippen LogP contribution is -2.53. The van der Waals surface area contributed by atoms with Gasteiger partial charge in [0.15, 0.2) is 0 Å². The Morgan fingerprint density at radius 1 is 1.34 bits per heavy atom. The molecule has 1 unspecified atom stereocenters. The molecule has 0 radical (unpaired) electrons. The zero-order valence-electron chi connectivity index (χ0n) is 17.6. The number of aromatic nitrogens is 1. The summed E-state index contributed by atoms with van der Waals surface area (Å²) in [7, 11) is 0. The lowest BCUT2D eigenvalue weighted by molar-refractivity contribution is -0.165. The van der Waals surface area contributed by atoms with Crippen LogP contribution in [0.4, 0.5) is 0 Å². The maximum absolute atomic E-state index is 12.8. The molecule has 1 aliphatic heterocycles. The molecule has 0 bridgehead atoms. The Kier molecular flexibility index (Phi) is 8.32. The molecule has 7 nitrogen and oxygen atoms in total. The van der Waals surface area contributed by atoms with E-state index < -0.39 is 35.2 Å². The normalized spacial score (nSPS) is 18.2. The number of hydrogen-bond acceptors (Lipinski definition) is 6. The monoisotopic (exact) mass is 404 g/mol. The maximum atomic E-state index is 12.8. The van der Waals surface area contributed by atoms with Gasteiger partial charge < -0.3 is 14.7 Å². The molecular formula is C22H32N2O5. The van der Waals surface area contributed by atoms with Gasteiger partial charge in [0.1, 0.15) is 12.1 Å². The number of aryl methyl sites for hydroxylation is 1. The van der Waals surface area contributed by atoms with Gasteiger partial charge in [-0.2, -0.15) is 0 Å². The highest BCUT2D eigenvalue weighted by Gasteiger charge is 2.40. The molecule has 160 valence electrons. The van der Waals surface area contributed by atoms with Gasteiger partial charge in [-0.1, -0.05) is 26.8 Å². The number of esters is 1. The van der Waals surface area contributed by atoms with E-state index >= 15 is 0 Å². The Labute approximate surface area is 172 Å². The van der Waals surface area contributed by atoms with E-state index in [1.807, 2.05) is 19.1 Å². The second-order valence-corrected chi connectivity index (χ2v) is 8.22. The zero-order chi connectivity index (χ0) is 21.4. The molecule has 0 saturated carbocycles. The summed E-state index contributed by atoms with van der Waals surface area (Å²) in [6.45, 7) is 5.41. The Balaban J connectivity index is 2.02. The zero-order valence-corrected chi connectivity index (χ0v) is 17.6. The van der Waals surface area contributed by atoms with E-state index in [0.717, 1.165) is 18.4 Å². The van der Waals surface area contributed by atoms with Crippen molar-refractivity contribution in [2.24, 2.45) is 5.41 Å². The molecule has 7 heteroatoms. The number of carbonyl (C=O) groups is 3. The fourth-order valence-electron chi connectivity index (χ4n) is 3.30. The van der Waals surface area contributed by atoms with Gasteiger partial charge in [-0.15, -0.1) is 0 Å². The van der Waals surface area contributed by atoms with E-state index in [-0.39, 0.29) is 6.61 Å². The van der Waals surface area contributed by atoms with E-state index in [9.17, 15) is 19.5 Å². The first kappa shape index (κ1) is 23.0. The van der Waals surface area contributed by atoms with Crippen molar-refractivity contribution in [1.82, 2.24) is 9.88 Å². The summed E-state index contributed by atoms with van der Waals surface area (Å²) in [5.74, 6) is -1.64. The largest absolute Gasteiger partial charge is 0.458 e. The van der Waals surface area contributed by atoms with Crippen LogP contribution in [-0.4, -0.2) is 57.9 Å². The molecular weight excluding hydrogens is 372 g/mol. The highest BCUT2D eigenvalue weighted by atomic mass is 16.6. The van der Waals surface area contributed by atoms with Crippen molar-refractivity contribution in [3.63, 3.8) is 0 Å². The Bertz CT molecular complexity index is 704. The number of hydrogen-bond donors (Lipinski definition) is 1. The molecule has 29 heavy (non-hydrogen) atoms. The second kappa shape index (κ2) is 10.5. The van der Waals surface area contributed by atoms with Crippen LogP contribution in [0.15, 0.2) is 24.5 Å². The minimum atomic E-state index is -0.778. The fourth-order valence-corrected chi connectivity index (χ4v) is 3.30. The smallest absolute Gasteiger partial charge is 0.329 e. The molecule has 0 spiro atoms. The van der Waals surface area contributed by atoms with Crippen LogP contribution in [0.25, 0.3) is 0 Å². The Morgan fingerprint density at radius 3 is 2.72 bits per heavy atom. The molecule has 2 rings (SSSR count). The van der Waals surface area contributed by atoms with Gasteiger partial charge in [-0.05, 0) is 50.2 Å². The van der Waals surface area contributed by atoms with Crippen molar-refractivity contribution in [3.05, 3.63) is 30.1 Å². The molecule has 1 aromatic heterocycles. The molecule has 1 aromatic rings. The van der Waals surface area contributed by atoms with Gasteiger partial charge in [0.25, 0.3) is 5.91 Å². The summed E-state index contributed by atoms with van der Waals surface area (Å²) in [6.07, 6.45) is 6.37. The molecule has 2 atom stereocenters. The predicted molar refractivity (Wildman–Crippen MR) is 108 cm³/mol. The maximum Gasteiger partial charge on any atom is 0.329 e. The molecule has 1 amide bonds. The quantitative estimate of drug-likeness (QED) is 0.501. The highest BCUT2D eigenvalue weighted by molar-refractivity contribution is 6.38. The Hall–Kier alpha value is -2.28. The number of piperidine rings is 1. The molecule has 1 saturated heterocycles. The van der Waals surface area contributed by atoms with Crippen LogP contribution in [0.5, 0.6) is 0 Å². The van der Waals surface area contributed by atoms with Crippen molar-refractivity contribution in [1.29, 1.82) is 0 Å². The van der Waals surface area contributed by atoms with Gasteiger partial charge in [-0.25, -0.2) is 4.79 Å². The first-order chi connectivity index (χ1) is 13.8. The standard InChI is InChI=1S/C22H32N2O5/c1-4-22(2,3)19(26)20(27)24-13-6-5-9-18(24)21(28)29-17(15-25)11-10-16-8-7-12-23-14-16/h7-8,12,14,17-18,25H,4-6,9-11,13,15H2,1-3H3/t17-,18?/m1/s1. The summed E-state index contributed by atoms with van der Waals surface area (Å²) >= 11 is 0. The molecule has 2 heterocycles. The van der Waals surface area contributed by atoms with Gasteiger partial charge in [-0.3, -0.25) is 14.6 Å². The van der Waals surface area contributed by atoms with E-state index in [0.29, 0.717) is 32.2 Å². The number of carbonyl (C=O) groups excluding carboxylic acids is 3. The summed E-state index contributed by atoms with van der Waals surface area (Å²) < 4.78 is 5.52. The summed E-state index contributed by atoms with van der Waals surface area (Å²) in [5, 5.41) is 9.63. The number of likely N-dealkylation sites (tertiary alicyclic amines) is 1. The molecule has 1 fully saturated rings. The number of ketones is 1. The average Bonchev–Trinajstić information content (AvgIpc) is 2.76. The van der Waals surface area contributed by atoms with Crippen molar-refractivity contribution >= 4 is 17.7 Å². The lowest BCUT2D eigenvalue weighted by atomic mass is 9.84. The summed E-state index contributed by atoms with van der Waals surface area (Å²) in [6, 6.07) is 2.97. The second-order valence-electron chi connectivity index (χ2n) is 8.22. The van der Waals surface area contributed by atoms with Gasteiger partial charge in [0.2, 0.25) is 5.78 Å². The van der Waals surface area contributed by atoms with Crippen molar-refractivity contribution in [2.45, 2.75) is 71.4 Å². The van der Waals surface area contributed by atoms with Crippen LogP contribution in [0.2, 0.25) is 0 Å². The van der Waals surface area contributed by atoms with Crippen molar-refractivity contribution < 1.29 is 24.2 Å². The molecule has 1 N–H and O–H groups in total. The van der Waals surface area contributed by atoms with Gasteiger partial charge in [0.05, 0.1) is 6.61 Å². The number of amides is 1.